The highest BCUT2D eigenvalue weighted by molar-refractivity contribution is 5.79. The average molecular weight is 252 g/mol. The zero-order valence-electron chi connectivity index (χ0n) is 11.0. The lowest BCUT2D eigenvalue weighted by atomic mass is 10.2. The second-order valence-corrected chi connectivity index (χ2v) is 4.19. The van der Waals surface area contributed by atoms with E-state index in [4.69, 9.17) is 5.84 Å². The predicted octanol–water partition coefficient (Wildman–Crippen LogP) is 1.88. The van der Waals surface area contributed by atoms with Crippen LogP contribution in [0.2, 0.25) is 0 Å². The van der Waals surface area contributed by atoms with Gasteiger partial charge in [0.1, 0.15) is 5.82 Å². The smallest absolute Gasteiger partial charge is 0.208 e. The number of nitrogens with zero attached hydrogens (tertiary/aromatic N) is 2. The van der Waals surface area contributed by atoms with Crippen LogP contribution < -0.4 is 11.3 Å². The number of nitrogens with two attached hydrogens (primary N) is 1. The summed E-state index contributed by atoms with van der Waals surface area (Å²) in [6.45, 7) is 3.51. The van der Waals surface area contributed by atoms with E-state index in [-0.39, 0.29) is 5.82 Å². The van der Waals surface area contributed by atoms with Crippen LogP contribution in [-0.2, 0) is 6.54 Å². The summed E-state index contributed by atoms with van der Waals surface area (Å²) in [6.07, 6.45) is 2.14. The van der Waals surface area contributed by atoms with Gasteiger partial charge in [0, 0.05) is 20.1 Å². The van der Waals surface area contributed by atoms with Crippen molar-refractivity contribution in [3.63, 3.8) is 0 Å². The van der Waals surface area contributed by atoms with Gasteiger partial charge in [-0.25, -0.2) is 10.2 Å². The van der Waals surface area contributed by atoms with Crippen LogP contribution in [0.5, 0.6) is 0 Å². The van der Waals surface area contributed by atoms with Crippen LogP contribution in [0.25, 0.3) is 0 Å². The van der Waals surface area contributed by atoms with Gasteiger partial charge >= 0.3 is 0 Å². The number of nitrogens with one attached hydrogen (secondary N) is 1. The predicted molar refractivity (Wildman–Crippen MR) is 72.4 cm³/mol. The largest absolute Gasteiger partial charge is 0.341 e. The van der Waals surface area contributed by atoms with Crippen LogP contribution in [0.3, 0.4) is 0 Å². The van der Waals surface area contributed by atoms with Crippen LogP contribution in [0.1, 0.15) is 25.3 Å². The molecule has 0 saturated carbocycles. The number of guanidine groups is 1. The summed E-state index contributed by atoms with van der Waals surface area (Å²) in [6, 6.07) is 6.41. The first-order valence-electron chi connectivity index (χ1n) is 6.14. The minimum Gasteiger partial charge on any atom is -0.341 e. The Labute approximate surface area is 108 Å². The topological polar surface area (TPSA) is 53.6 Å². The quantitative estimate of drug-likeness (QED) is 0.276. The summed E-state index contributed by atoms with van der Waals surface area (Å²) in [5, 5.41) is 0. The number of hydrogen-bond donors (Lipinski definition) is 2. The third kappa shape index (κ3) is 4.71. The van der Waals surface area contributed by atoms with E-state index in [9.17, 15) is 4.39 Å². The Morgan fingerprint density at radius 1 is 1.39 bits per heavy atom. The lowest BCUT2D eigenvalue weighted by Gasteiger charge is -2.20. The molecule has 0 heterocycles. The van der Waals surface area contributed by atoms with Gasteiger partial charge in [0.2, 0.25) is 5.96 Å². The Morgan fingerprint density at radius 2 is 2.06 bits per heavy atom. The Kier molecular flexibility index (Phi) is 6.14. The highest BCUT2D eigenvalue weighted by Gasteiger charge is 2.05. The maximum atomic E-state index is 12.8. The van der Waals surface area contributed by atoms with Gasteiger partial charge in [-0.2, -0.15) is 0 Å². The minimum absolute atomic E-state index is 0.227. The molecule has 3 N–H and O–H groups in total. The van der Waals surface area contributed by atoms with E-state index in [2.05, 4.69) is 17.3 Å². The number of rotatable bonds is 5. The van der Waals surface area contributed by atoms with Gasteiger partial charge in [-0.05, 0) is 24.1 Å². The van der Waals surface area contributed by atoms with Crippen molar-refractivity contribution < 1.29 is 4.39 Å². The van der Waals surface area contributed by atoms with Crippen molar-refractivity contribution in [2.45, 2.75) is 26.3 Å². The molecule has 0 unspecified atom stereocenters. The number of aliphatic imine (C=N–C) groups is 1. The molecular formula is C13H21FN4. The van der Waals surface area contributed by atoms with Crippen molar-refractivity contribution in [1.29, 1.82) is 0 Å². The van der Waals surface area contributed by atoms with Gasteiger partial charge in [-0.1, -0.05) is 25.5 Å². The van der Waals surface area contributed by atoms with E-state index >= 15 is 0 Å². The van der Waals surface area contributed by atoms with E-state index < -0.39 is 0 Å². The van der Waals surface area contributed by atoms with Crippen molar-refractivity contribution in [2.24, 2.45) is 10.8 Å². The van der Waals surface area contributed by atoms with E-state index in [0.29, 0.717) is 12.5 Å². The molecule has 0 atom stereocenters. The van der Waals surface area contributed by atoms with Crippen molar-refractivity contribution in [3.8, 4) is 0 Å². The average Bonchev–Trinajstić information content (AvgIpc) is 2.37. The maximum Gasteiger partial charge on any atom is 0.208 e. The molecule has 5 heteroatoms. The van der Waals surface area contributed by atoms with Gasteiger partial charge in [0.05, 0.1) is 0 Å². The molecule has 0 aliphatic heterocycles. The van der Waals surface area contributed by atoms with E-state index in [1.165, 1.54) is 12.1 Å². The van der Waals surface area contributed by atoms with Crippen molar-refractivity contribution in [2.75, 3.05) is 13.6 Å². The molecule has 1 rings (SSSR count). The Balaban J connectivity index is 2.58. The molecule has 1 aromatic rings. The first kappa shape index (κ1) is 14.4. The summed E-state index contributed by atoms with van der Waals surface area (Å²) in [5.74, 6) is 5.87. The third-order valence-corrected chi connectivity index (χ3v) is 2.60. The molecule has 0 fully saturated rings. The lowest BCUT2D eigenvalue weighted by molar-refractivity contribution is 0.476. The molecule has 0 spiro atoms. The first-order chi connectivity index (χ1) is 8.67. The molecule has 1 aromatic carbocycles. The first-order valence-corrected chi connectivity index (χ1v) is 6.14. The van der Waals surface area contributed by atoms with Crippen molar-refractivity contribution >= 4 is 5.96 Å². The maximum absolute atomic E-state index is 12.8. The Hall–Kier alpha value is -1.62. The highest BCUT2D eigenvalue weighted by atomic mass is 19.1. The summed E-state index contributed by atoms with van der Waals surface area (Å²) in [7, 11) is 1.90. The zero-order valence-corrected chi connectivity index (χ0v) is 11.0. The fourth-order valence-electron chi connectivity index (χ4n) is 1.56. The molecule has 4 nitrogen and oxygen atoms in total. The summed E-state index contributed by atoms with van der Waals surface area (Å²) < 4.78 is 12.8. The monoisotopic (exact) mass is 252 g/mol. The van der Waals surface area contributed by atoms with E-state index in [1.54, 1.807) is 12.1 Å². The van der Waals surface area contributed by atoms with Gasteiger partial charge in [0.25, 0.3) is 0 Å². The Bertz CT molecular complexity index is 375. The molecule has 0 bridgehead atoms. The third-order valence-electron chi connectivity index (χ3n) is 2.60. The van der Waals surface area contributed by atoms with E-state index in [1.807, 2.05) is 11.9 Å². The number of hydrazine groups is 1. The van der Waals surface area contributed by atoms with Crippen LogP contribution in [0, 0.1) is 5.82 Å². The van der Waals surface area contributed by atoms with Gasteiger partial charge < -0.3 is 4.90 Å². The van der Waals surface area contributed by atoms with Crippen LogP contribution in [-0.4, -0.2) is 24.5 Å². The fourth-order valence-corrected chi connectivity index (χ4v) is 1.56. The number of halogens is 1. The molecule has 0 aromatic heterocycles. The van der Waals surface area contributed by atoms with Crippen molar-refractivity contribution in [1.82, 2.24) is 10.3 Å². The number of hydrogen-bond acceptors (Lipinski definition) is 2. The molecule has 0 radical (unpaired) electrons. The molecule has 18 heavy (non-hydrogen) atoms. The second-order valence-electron chi connectivity index (χ2n) is 4.19. The van der Waals surface area contributed by atoms with E-state index in [0.717, 1.165) is 24.9 Å². The van der Waals surface area contributed by atoms with Crippen LogP contribution >= 0.6 is 0 Å². The lowest BCUT2D eigenvalue weighted by Crippen LogP contribution is -2.42. The summed E-state index contributed by atoms with van der Waals surface area (Å²) in [4.78, 5) is 6.28. The number of benzene rings is 1. The minimum atomic E-state index is -0.227. The summed E-state index contributed by atoms with van der Waals surface area (Å²) in [5.41, 5.74) is 3.61. The molecule has 0 amide bonds. The van der Waals surface area contributed by atoms with Gasteiger partial charge in [-0.15, -0.1) is 0 Å². The van der Waals surface area contributed by atoms with Crippen LogP contribution in [0.4, 0.5) is 4.39 Å². The molecule has 0 aliphatic rings. The van der Waals surface area contributed by atoms with Crippen LogP contribution in [0.15, 0.2) is 29.3 Å². The fraction of sp³-hybridized carbons (Fsp3) is 0.462. The molecule has 100 valence electrons. The van der Waals surface area contributed by atoms with Crippen molar-refractivity contribution in [3.05, 3.63) is 35.6 Å². The molecule has 0 saturated heterocycles. The SMILES string of the molecule is CCCCN=C(NN)N(C)Cc1ccc(F)cc1. The normalized spacial score (nSPS) is 11.4. The molecule has 0 aliphatic carbocycles. The zero-order chi connectivity index (χ0) is 13.4. The standard InChI is InChI=1S/C13H21FN4/c1-3-4-9-16-13(17-15)18(2)10-11-5-7-12(14)8-6-11/h5-8H,3-4,9-10,15H2,1-2H3,(H,16,17). The molecular weight excluding hydrogens is 231 g/mol. The Morgan fingerprint density at radius 3 is 2.61 bits per heavy atom. The van der Waals surface area contributed by atoms with Gasteiger partial charge in [0.15, 0.2) is 0 Å². The summed E-state index contributed by atoms with van der Waals surface area (Å²) >= 11 is 0. The highest BCUT2D eigenvalue weighted by Crippen LogP contribution is 2.05. The number of unbranched alkanes of at least 4 members (excludes halogenated alkanes) is 1. The second kappa shape index (κ2) is 7.66. The van der Waals surface area contributed by atoms with Gasteiger partial charge in [-0.3, -0.25) is 10.4 Å².